The topological polar surface area (TPSA) is 64.6 Å². The molecule has 1 heterocycles. The zero-order valence-electron chi connectivity index (χ0n) is 8.73. The molecule has 2 rings (SSSR count). The molecule has 5 nitrogen and oxygen atoms in total. The van der Waals surface area contributed by atoms with Crippen LogP contribution in [0.1, 0.15) is 18.5 Å². The third kappa shape index (κ3) is 2.31. The minimum atomic E-state index is -0.408. The molecule has 1 amide bonds. The summed E-state index contributed by atoms with van der Waals surface area (Å²) in [7, 11) is 0. The van der Waals surface area contributed by atoms with E-state index >= 15 is 0 Å². The first-order chi connectivity index (χ1) is 7.65. The van der Waals surface area contributed by atoms with Crippen molar-refractivity contribution in [3.8, 4) is 5.75 Å². The van der Waals surface area contributed by atoms with E-state index in [1.165, 1.54) is 6.92 Å². The van der Waals surface area contributed by atoms with Crippen molar-refractivity contribution in [2.75, 3.05) is 6.61 Å². The number of ether oxygens (including phenoxy) is 2. The van der Waals surface area contributed by atoms with E-state index in [2.05, 4.69) is 5.32 Å². The van der Waals surface area contributed by atoms with Crippen LogP contribution in [0.4, 0.5) is 4.79 Å². The van der Waals surface area contributed by atoms with Crippen LogP contribution in [-0.4, -0.2) is 18.7 Å². The molecule has 1 aliphatic rings. The first kappa shape index (κ1) is 10.5. The van der Waals surface area contributed by atoms with E-state index in [-0.39, 0.29) is 12.0 Å². The summed E-state index contributed by atoms with van der Waals surface area (Å²) in [5, 5.41) is 2.66. The fourth-order valence-electron chi connectivity index (χ4n) is 1.50. The number of cyclic esters (lactones) is 1. The van der Waals surface area contributed by atoms with Gasteiger partial charge in [0.1, 0.15) is 12.4 Å². The van der Waals surface area contributed by atoms with Crippen LogP contribution in [0.5, 0.6) is 5.75 Å². The number of rotatable bonds is 2. The van der Waals surface area contributed by atoms with Crippen LogP contribution in [0.25, 0.3) is 0 Å². The maximum absolute atomic E-state index is 10.8. The van der Waals surface area contributed by atoms with E-state index in [0.29, 0.717) is 12.4 Å². The highest BCUT2D eigenvalue weighted by Gasteiger charge is 2.23. The predicted molar refractivity (Wildman–Crippen MR) is 55.0 cm³/mol. The third-order valence-electron chi connectivity index (χ3n) is 2.22. The average molecular weight is 221 g/mol. The van der Waals surface area contributed by atoms with Crippen molar-refractivity contribution in [1.82, 2.24) is 5.32 Å². The molecule has 5 heteroatoms. The van der Waals surface area contributed by atoms with Crippen LogP contribution < -0.4 is 10.1 Å². The van der Waals surface area contributed by atoms with Gasteiger partial charge in [-0.2, -0.15) is 0 Å². The summed E-state index contributed by atoms with van der Waals surface area (Å²) in [6.45, 7) is 1.67. The van der Waals surface area contributed by atoms with Gasteiger partial charge in [-0.3, -0.25) is 4.79 Å². The lowest BCUT2D eigenvalue weighted by atomic mass is 10.1. The van der Waals surface area contributed by atoms with Crippen molar-refractivity contribution >= 4 is 12.1 Å². The maximum atomic E-state index is 10.8. The maximum Gasteiger partial charge on any atom is 0.407 e. The molecule has 0 radical (unpaired) electrons. The standard InChI is InChI=1S/C11H11NO4/c1-7(13)16-9-4-2-8(3-5-9)10-6-15-11(14)12-10/h2-5,10H,6H2,1H3,(H,12,14)/t10-/m0/s1. The summed E-state index contributed by atoms with van der Waals surface area (Å²) in [6, 6.07) is 6.82. The molecule has 0 unspecified atom stereocenters. The first-order valence-electron chi connectivity index (χ1n) is 4.87. The van der Waals surface area contributed by atoms with Crippen LogP contribution in [0.2, 0.25) is 0 Å². The minimum absolute atomic E-state index is 0.126. The number of esters is 1. The summed E-state index contributed by atoms with van der Waals surface area (Å²) in [6.07, 6.45) is -0.408. The van der Waals surface area contributed by atoms with Gasteiger partial charge in [-0.15, -0.1) is 0 Å². The Morgan fingerprint density at radius 2 is 2.12 bits per heavy atom. The number of nitrogens with one attached hydrogen (secondary N) is 1. The Morgan fingerprint density at radius 1 is 1.44 bits per heavy atom. The second-order valence-electron chi connectivity index (χ2n) is 3.46. The molecule has 1 atom stereocenters. The van der Waals surface area contributed by atoms with Crippen molar-refractivity contribution in [2.45, 2.75) is 13.0 Å². The van der Waals surface area contributed by atoms with Gasteiger partial charge in [0, 0.05) is 6.92 Å². The Hall–Kier alpha value is -2.04. The lowest BCUT2D eigenvalue weighted by Crippen LogP contribution is -2.18. The van der Waals surface area contributed by atoms with Crippen molar-refractivity contribution in [2.24, 2.45) is 0 Å². The van der Waals surface area contributed by atoms with Crippen LogP contribution in [0.15, 0.2) is 24.3 Å². The van der Waals surface area contributed by atoms with Crippen LogP contribution in [-0.2, 0) is 9.53 Å². The zero-order chi connectivity index (χ0) is 11.5. The Balaban J connectivity index is 2.07. The van der Waals surface area contributed by atoms with Gasteiger partial charge in [0.2, 0.25) is 0 Å². The molecule has 1 saturated heterocycles. The molecule has 0 spiro atoms. The molecular formula is C11H11NO4. The average Bonchev–Trinajstić information content (AvgIpc) is 2.65. The smallest absolute Gasteiger partial charge is 0.407 e. The second-order valence-corrected chi connectivity index (χ2v) is 3.46. The Kier molecular flexibility index (Phi) is 2.76. The van der Waals surface area contributed by atoms with E-state index in [9.17, 15) is 9.59 Å². The molecule has 0 bridgehead atoms. The summed E-state index contributed by atoms with van der Waals surface area (Å²) >= 11 is 0. The summed E-state index contributed by atoms with van der Waals surface area (Å²) in [4.78, 5) is 21.5. The molecule has 1 N–H and O–H groups in total. The zero-order valence-corrected chi connectivity index (χ0v) is 8.73. The van der Waals surface area contributed by atoms with Crippen molar-refractivity contribution in [3.63, 3.8) is 0 Å². The Morgan fingerprint density at radius 3 is 2.62 bits per heavy atom. The van der Waals surface area contributed by atoms with Crippen molar-refractivity contribution in [3.05, 3.63) is 29.8 Å². The molecule has 84 valence electrons. The van der Waals surface area contributed by atoms with Gasteiger partial charge in [-0.05, 0) is 17.7 Å². The first-order valence-corrected chi connectivity index (χ1v) is 4.87. The van der Waals surface area contributed by atoms with Gasteiger partial charge in [0.25, 0.3) is 0 Å². The van der Waals surface area contributed by atoms with Gasteiger partial charge in [-0.25, -0.2) is 4.79 Å². The fourth-order valence-corrected chi connectivity index (χ4v) is 1.50. The molecule has 0 aliphatic carbocycles. The van der Waals surface area contributed by atoms with Gasteiger partial charge < -0.3 is 14.8 Å². The molecule has 0 saturated carbocycles. The molecule has 1 aliphatic heterocycles. The predicted octanol–water partition coefficient (Wildman–Crippen LogP) is 1.39. The van der Waals surface area contributed by atoms with Gasteiger partial charge in [0.05, 0.1) is 6.04 Å². The SMILES string of the molecule is CC(=O)Oc1ccc([C@@H]2COC(=O)N2)cc1. The molecule has 1 fully saturated rings. The highest BCUT2D eigenvalue weighted by molar-refractivity contribution is 5.70. The molecule has 0 aromatic heterocycles. The minimum Gasteiger partial charge on any atom is -0.447 e. The van der Waals surface area contributed by atoms with E-state index in [4.69, 9.17) is 9.47 Å². The van der Waals surface area contributed by atoms with E-state index in [1.54, 1.807) is 24.3 Å². The van der Waals surface area contributed by atoms with E-state index in [1.807, 2.05) is 0 Å². The van der Waals surface area contributed by atoms with E-state index < -0.39 is 6.09 Å². The van der Waals surface area contributed by atoms with Crippen LogP contribution >= 0.6 is 0 Å². The highest BCUT2D eigenvalue weighted by atomic mass is 16.6. The van der Waals surface area contributed by atoms with Gasteiger partial charge in [0.15, 0.2) is 0 Å². The quantitative estimate of drug-likeness (QED) is 0.605. The number of carbonyl (C=O) groups is 2. The molecule has 1 aromatic carbocycles. The molecule has 16 heavy (non-hydrogen) atoms. The van der Waals surface area contributed by atoms with Crippen molar-refractivity contribution < 1.29 is 19.1 Å². The number of alkyl carbamates (subject to hydrolysis) is 1. The van der Waals surface area contributed by atoms with Crippen LogP contribution in [0.3, 0.4) is 0 Å². The molecular weight excluding hydrogens is 210 g/mol. The number of benzene rings is 1. The number of amides is 1. The Bertz CT molecular complexity index is 412. The lowest BCUT2D eigenvalue weighted by molar-refractivity contribution is -0.131. The fraction of sp³-hybridized carbons (Fsp3) is 0.273. The summed E-state index contributed by atoms with van der Waals surface area (Å²) in [5.74, 6) is 0.131. The van der Waals surface area contributed by atoms with Gasteiger partial charge in [-0.1, -0.05) is 12.1 Å². The number of hydrogen-bond donors (Lipinski definition) is 1. The number of carbonyl (C=O) groups excluding carboxylic acids is 2. The normalized spacial score (nSPS) is 18.8. The third-order valence-corrected chi connectivity index (χ3v) is 2.22. The largest absolute Gasteiger partial charge is 0.447 e. The second kappa shape index (κ2) is 4.22. The summed E-state index contributed by atoms with van der Waals surface area (Å²) < 4.78 is 9.67. The van der Waals surface area contributed by atoms with Crippen LogP contribution in [0, 0.1) is 0 Å². The monoisotopic (exact) mass is 221 g/mol. The highest BCUT2D eigenvalue weighted by Crippen LogP contribution is 2.21. The van der Waals surface area contributed by atoms with E-state index in [0.717, 1.165) is 5.56 Å². The number of hydrogen-bond acceptors (Lipinski definition) is 4. The Labute approximate surface area is 92.4 Å². The van der Waals surface area contributed by atoms with Gasteiger partial charge >= 0.3 is 12.1 Å². The lowest BCUT2D eigenvalue weighted by Gasteiger charge is -2.08. The summed E-state index contributed by atoms with van der Waals surface area (Å²) in [5.41, 5.74) is 0.918. The van der Waals surface area contributed by atoms with Crippen molar-refractivity contribution in [1.29, 1.82) is 0 Å². The molecule has 1 aromatic rings.